The number of amides is 1. The number of rotatable bonds is 5. The van der Waals surface area contributed by atoms with Crippen molar-refractivity contribution >= 4 is 33.2 Å². The largest absolute Gasteiger partial charge is 0.444 e. The van der Waals surface area contributed by atoms with Gasteiger partial charge in [-0.15, -0.1) is 11.3 Å². The Morgan fingerprint density at radius 3 is 2.91 bits per heavy atom. The van der Waals surface area contributed by atoms with Crippen molar-refractivity contribution in [1.29, 1.82) is 0 Å². The minimum atomic E-state index is -0.154. The average molecular weight is 400 g/mol. The summed E-state index contributed by atoms with van der Waals surface area (Å²) in [5.41, 5.74) is 0.903. The van der Waals surface area contributed by atoms with Crippen molar-refractivity contribution in [2.24, 2.45) is 0 Å². The monoisotopic (exact) mass is 399 g/mol. The number of aromatic nitrogens is 1. The number of ether oxygens (including phenoxy) is 1. The molecule has 2 aromatic heterocycles. The maximum atomic E-state index is 12.3. The molecule has 23 heavy (non-hydrogen) atoms. The van der Waals surface area contributed by atoms with Gasteiger partial charge < -0.3 is 14.1 Å². The van der Waals surface area contributed by atoms with E-state index in [0.717, 1.165) is 43.5 Å². The smallest absolute Gasteiger partial charge is 0.289 e. The molecule has 8 heteroatoms. The van der Waals surface area contributed by atoms with Crippen molar-refractivity contribution < 1.29 is 13.9 Å². The maximum Gasteiger partial charge on any atom is 0.289 e. The van der Waals surface area contributed by atoms with Crippen molar-refractivity contribution in [3.05, 3.63) is 38.6 Å². The standard InChI is InChI=1S/C15H18BrN3O3S/c1-18(15(20)12-2-3-13(16)22-12)8-11-10-23-14(17-11)9-19-4-6-21-7-5-19/h2-3,10H,4-9H2,1H3. The van der Waals surface area contributed by atoms with E-state index in [1.165, 1.54) is 0 Å². The van der Waals surface area contributed by atoms with E-state index in [1.807, 2.05) is 5.38 Å². The molecule has 124 valence electrons. The first kappa shape index (κ1) is 16.6. The third-order valence-electron chi connectivity index (χ3n) is 3.59. The third kappa shape index (κ3) is 4.41. The van der Waals surface area contributed by atoms with Gasteiger partial charge in [0.15, 0.2) is 10.4 Å². The van der Waals surface area contributed by atoms with Crippen LogP contribution in [0.2, 0.25) is 0 Å². The third-order valence-corrected chi connectivity index (χ3v) is 4.90. The Morgan fingerprint density at radius 2 is 2.22 bits per heavy atom. The second-order valence-corrected chi connectivity index (χ2v) is 7.11. The first-order valence-corrected chi connectivity index (χ1v) is 9.03. The quantitative estimate of drug-likeness (QED) is 0.773. The zero-order chi connectivity index (χ0) is 16.2. The second-order valence-electron chi connectivity index (χ2n) is 5.39. The first-order valence-electron chi connectivity index (χ1n) is 7.36. The number of hydrogen-bond acceptors (Lipinski definition) is 6. The Bertz CT molecular complexity index is 666. The molecule has 3 rings (SSSR count). The molecule has 0 aliphatic carbocycles. The Labute approximate surface area is 147 Å². The number of furan rings is 1. The lowest BCUT2D eigenvalue weighted by atomic mass is 10.3. The van der Waals surface area contributed by atoms with Crippen LogP contribution in [0.5, 0.6) is 0 Å². The van der Waals surface area contributed by atoms with E-state index in [1.54, 1.807) is 35.4 Å². The summed E-state index contributed by atoms with van der Waals surface area (Å²) in [4.78, 5) is 20.8. The Morgan fingerprint density at radius 1 is 1.43 bits per heavy atom. The van der Waals surface area contributed by atoms with E-state index in [9.17, 15) is 4.79 Å². The summed E-state index contributed by atoms with van der Waals surface area (Å²) in [6, 6.07) is 3.37. The molecule has 1 aliphatic heterocycles. The highest BCUT2D eigenvalue weighted by molar-refractivity contribution is 9.10. The fraction of sp³-hybridized carbons (Fsp3) is 0.467. The molecule has 1 fully saturated rings. The van der Waals surface area contributed by atoms with Crippen molar-refractivity contribution in [3.8, 4) is 0 Å². The molecule has 2 aromatic rings. The molecule has 0 radical (unpaired) electrons. The number of nitrogens with zero attached hydrogens (tertiary/aromatic N) is 3. The molecule has 1 amide bonds. The van der Waals surface area contributed by atoms with Gasteiger partial charge in [-0.05, 0) is 28.1 Å². The van der Waals surface area contributed by atoms with Crippen molar-refractivity contribution in [3.63, 3.8) is 0 Å². The van der Waals surface area contributed by atoms with E-state index in [4.69, 9.17) is 9.15 Å². The minimum Gasteiger partial charge on any atom is -0.444 e. The van der Waals surface area contributed by atoms with Gasteiger partial charge in [-0.1, -0.05) is 0 Å². The zero-order valence-electron chi connectivity index (χ0n) is 12.8. The molecule has 1 saturated heterocycles. The van der Waals surface area contributed by atoms with Gasteiger partial charge in [-0.3, -0.25) is 9.69 Å². The fourth-order valence-electron chi connectivity index (χ4n) is 2.38. The highest BCUT2D eigenvalue weighted by Gasteiger charge is 2.18. The van der Waals surface area contributed by atoms with Gasteiger partial charge in [0.1, 0.15) is 5.01 Å². The van der Waals surface area contributed by atoms with Gasteiger partial charge in [0.2, 0.25) is 0 Å². The summed E-state index contributed by atoms with van der Waals surface area (Å²) >= 11 is 4.84. The second kappa shape index (κ2) is 7.57. The van der Waals surface area contributed by atoms with Gasteiger partial charge in [-0.2, -0.15) is 0 Å². The van der Waals surface area contributed by atoms with Crippen LogP contribution in [-0.4, -0.2) is 54.0 Å². The summed E-state index contributed by atoms with van der Waals surface area (Å²) < 4.78 is 11.2. The Balaban J connectivity index is 1.56. The summed E-state index contributed by atoms with van der Waals surface area (Å²) in [7, 11) is 1.75. The molecular formula is C15H18BrN3O3S. The summed E-state index contributed by atoms with van der Waals surface area (Å²) in [6.07, 6.45) is 0. The van der Waals surface area contributed by atoms with Crippen LogP contribution in [0.3, 0.4) is 0 Å². The predicted molar refractivity (Wildman–Crippen MR) is 90.4 cm³/mol. The van der Waals surface area contributed by atoms with Crippen LogP contribution in [0.1, 0.15) is 21.3 Å². The molecule has 1 aliphatic rings. The fourth-order valence-corrected chi connectivity index (χ4v) is 3.51. The van der Waals surface area contributed by atoms with Gasteiger partial charge in [0, 0.05) is 25.5 Å². The molecular weight excluding hydrogens is 382 g/mol. The van der Waals surface area contributed by atoms with Gasteiger partial charge >= 0.3 is 0 Å². The van der Waals surface area contributed by atoms with Crippen LogP contribution in [0, 0.1) is 0 Å². The van der Waals surface area contributed by atoms with E-state index in [2.05, 4.69) is 25.8 Å². The highest BCUT2D eigenvalue weighted by atomic mass is 79.9. The molecule has 0 unspecified atom stereocenters. The van der Waals surface area contributed by atoms with E-state index in [0.29, 0.717) is 17.0 Å². The molecule has 3 heterocycles. The number of carbonyl (C=O) groups is 1. The topological polar surface area (TPSA) is 58.8 Å². The molecule has 0 N–H and O–H groups in total. The first-order chi connectivity index (χ1) is 11.1. The molecule has 0 atom stereocenters. The van der Waals surface area contributed by atoms with Crippen molar-refractivity contribution in [2.75, 3.05) is 33.4 Å². The number of thiazole rings is 1. The molecule has 0 saturated carbocycles. The number of hydrogen-bond donors (Lipinski definition) is 0. The van der Waals surface area contributed by atoms with Crippen molar-refractivity contribution in [1.82, 2.24) is 14.8 Å². The summed E-state index contributed by atoms with van der Waals surface area (Å²) in [5, 5.41) is 3.08. The Hall–Kier alpha value is -1.22. The normalized spacial score (nSPS) is 15.7. The number of halogens is 1. The zero-order valence-corrected chi connectivity index (χ0v) is 15.2. The molecule has 0 spiro atoms. The van der Waals surface area contributed by atoms with Gasteiger partial charge in [-0.25, -0.2) is 4.98 Å². The van der Waals surface area contributed by atoms with E-state index in [-0.39, 0.29) is 5.91 Å². The minimum absolute atomic E-state index is 0.154. The molecule has 0 aromatic carbocycles. The lowest BCUT2D eigenvalue weighted by Crippen LogP contribution is -2.35. The van der Waals surface area contributed by atoms with E-state index >= 15 is 0 Å². The lowest BCUT2D eigenvalue weighted by Gasteiger charge is -2.25. The lowest BCUT2D eigenvalue weighted by molar-refractivity contribution is 0.0341. The van der Waals surface area contributed by atoms with Crippen LogP contribution < -0.4 is 0 Å². The van der Waals surface area contributed by atoms with Crippen LogP contribution in [0.15, 0.2) is 26.6 Å². The van der Waals surface area contributed by atoms with Crippen LogP contribution in [0.25, 0.3) is 0 Å². The van der Waals surface area contributed by atoms with Crippen LogP contribution in [-0.2, 0) is 17.8 Å². The maximum absolute atomic E-state index is 12.3. The van der Waals surface area contributed by atoms with Gasteiger partial charge in [0.25, 0.3) is 5.91 Å². The Kier molecular flexibility index (Phi) is 5.47. The van der Waals surface area contributed by atoms with Crippen LogP contribution in [0.4, 0.5) is 0 Å². The van der Waals surface area contributed by atoms with Crippen LogP contribution >= 0.6 is 27.3 Å². The number of carbonyl (C=O) groups excluding carboxylic acids is 1. The molecule has 6 nitrogen and oxygen atoms in total. The van der Waals surface area contributed by atoms with Crippen molar-refractivity contribution in [2.45, 2.75) is 13.1 Å². The summed E-state index contributed by atoms with van der Waals surface area (Å²) in [5.74, 6) is 0.168. The number of morpholine rings is 1. The van der Waals surface area contributed by atoms with E-state index < -0.39 is 0 Å². The SMILES string of the molecule is CN(Cc1csc(CN2CCOCC2)n1)C(=O)c1ccc(Br)o1. The predicted octanol–water partition coefficient (Wildman–Crippen LogP) is 2.60. The highest BCUT2D eigenvalue weighted by Crippen LogP contribution is 2.18. The van der Waals surface area contributed by atoms with Gasteiger partial charge in [0.05, 0.1) is 32.0 Å². The average Bonchev–Trinajstić information content (AvgIpc) is 3.17. The summed E-state index contributed by atoms with van der Waals surface area (Å²) in [6.45, 7) is 4.78. The molecule has 0 bridgehead atoms.